The Labute approximate surface area is 226 Å². The summed E-state index contributed by atoms with van der Waals surface area (Å²) < 4.78 is 93.3. The van der Waals surface area contributed by atoms with Crippen molar-refractivity contribution < 1.29 is 26.3 Å². The minimum absolute atomic E-state index is 0.0621. The summed E-state index contributed by atoms with van der Waals surface area (Å²) in [5.74, 6) is -16.2. The molecule has 0 N–H and O–H groups in total. The molecule has 208 valence electrons. The predicted octanol–water partition coefficient (Wildman–Crippen LogP) is 8.86. The van der Waals surface area contributed by atoms with Crippen LogP contribution in [0.25, 0.3) is 11.1 Å². The predicted molar refractivity (Wildman–Crippen MR) is 140 cm³/mol. The number of allylic oxidation sites excluding steroid dienone is 2. The molecule has 0 aromatic heterocycles. The second kappa shape index (κ2) is 9.44. The van der Waals surface area contributed by atoms with Gasteiger partial charge < -0.3 is 0 Å². The second-order valence-electron chi connectivity index (χ2n) is 12.3. The molecular formula is C31H32F6N2. The number of halogens is 6. The van der Waals surface area contributed by atoms with E-state index in [9.17, 15) is 10.5 Å². The van der Waals surface area contributed by atoms with Gasteiger partial charge in [0.25, 0.3) is 0 Å². The third-order valence-electron chi connectivity index (χ3n) is 7.51. The maximum Gasteiger partial charge on any atom is 0.380 e. The Morgan fingerprint density at radius 1 is 0.615 bits per heavy atom. The van der Waals surface area contributed by atoms with Crippen LogP contribution in [0.4, 0.5) is 26.3 Å². The van der Waals surface area contributed by atoms with Crippen molar-refractivity contribution in [2.24, 2.45) is 0 Å². The van der Waals surface area contributed by atoms with E-state index >= 15 is 26.3 Å². The fourth-order valence-electron chi connectivity index (χ4n) is 4.90. The largest absolute Gasteiger partial charge is 0.380 e. The zero-order chi connectivity index (χ0) is 29.9. The molecule has 0 atom stereocenters. The molecule has 0 saturated heterocycles. The van der Waals surface area contributed by atoms with E-state index in [1.54, 1.807) is 53.7 Å². The molecule has 0 unspecified atom stereocenters. The summed E-state index contributed by atoms with van der Waals surface area (Å²) in [5.41, 5.74) is -3.48. The molecule has 0 spiro atoms. The van der Waals surface area contributed by atoms with Gasteiger partial charge >= 0.3 is 17.8 Å². The van der Waals surface area contributed by atoms with Crippen molar-refractivity contribution in [3.63, 3.8) is 0 Å². The number of hydrogen-bond acceptors (Lipinski definition) is 2. The van der Waals surface area contributed by atoms with Crippen molar-refractivity contribution in [1.29, 1.82) is 10.5 Å². The third-order valence-corrected chi connectivity index (χ3v) is 7.51. The number of nitrogens with zero attached hydrogens (tertiary/aromatic N) is 2. The van der Waals surface area contributed by atoms with E-state index in [1.165, 1.54) is 26.0 Å². The summed E-state index contributed by atoms with van der Waals surface area (Å²) in [6, 6.07) is 9.66. The van der Waals surface area contributed by atoms with E-state index in [2.05, 4.69) is 0 Å². The van der Waals surface area contributed by atoms with Crippen LogP contribution in [0.3, 0.4) is 0 Å². The summed E-state index contributed by atoms with van der Waals surface area (Å²) in [7, 11) is 0. The first-order chi connectivity index (χ1) is 17.6. The first-order valence-corrected chi connectivity index (χ1v) is 12.6. The van der Waals surface area contributed by atoms with Crippen molar-refractivity contribution in [3.8, 4) is 12.1 Å². The van der Waals surface area contributed by atoms with Gasteiger partial charge in [-0.15, -0.1) is 0 Å². The van der Waals surface area contributed by atoms with Crippen LogP contribution < -0.4 is 0 Å². The molecule has 1 aliphatic carbocycles. The number of hydrogen-bond donors (Lipinski definition) is 0. The van der Waals surface area contributed by atoms with Gasteiger partial charge in [-0.25, -0.2) is 0 Å². The topological polar surface area (TPSA) is 47.6 Å². The Morgan fingerprint density at radius 2 is 0.923 bits per heavy atom. The Kier molecular flexibility index (Phi) is 7.33. The summed E-state index contributed by atoms with van der Waals surface area (Å²) in [6.45, 7) is 13.4. The Balaban J connectivity index is 2.65. The minimum atomic E-state index is -5.72. The van der Waals surface area contributed by atoms with Gasteiger partial charge in [-0.3, -0.25) is 0 Å². The van der Waals surface area contributed by atoms with Gasteiger partial charge in [0.1, 0.15) is 0 Å². The van der Waals surface area contributed by atoms with E-state index in [0.717, 1.165) is 0 Å². The average Bonchev–Trinajstić information content (AvgIpc) is 2.89. The zero-order valence-corrected chi connectivity index (χ0v) is 23.4. The number of rotatable bonds is 4. The summed E-state index contributed by atoms with van der Waals surface area (Å²) in [6.07, 6.45) is -0.427. The van der Waals surface area contributed by atoms with Crippen molar-refractivity contribution in [2.75, 3.05) is 0 Å². The summed E-state index contributed by atoms with van der Waals surface area (Å²) in [4.78, 5) is 0. The monoisotopic (exact) mass is 546 g/mol. The van der Waals surface area contributed by atoms with Crippen LogP contribution in [0.2, 0.25) is 0 Å². The van der Waals surface area contributed by atoms with Gasteiger partial charge in [-0.1, -0.05) is 65.8 Å². The van der Waals surface area contributed by atoms with Crippen molar-refractivity contribution in [3.05, 3.63) is 68.8 Å². The molecule has 0 bridgehead atoms. The first-order valence-electron chi connectivity index (χ1n) is 12.6. The molecular weight excluding hydrogens is 514 g/mol. The van der Waals surface area contributed by atoms with E-state index in [-0.39, 0.29) is 24.0 Å². The quantitative estimate of drug-likeness (QED) is 0.360. The van der Waals surface area contributed by atoms with Crippen LogP contribution in [0.1, 0.15) is 86.1 Å². The smallest absolute Gasteiger partial charge is 0.198 e. The maximum atomic E-state index is 15.7. The number of benzene rings is 2. The molecule has 0 heterocycles. The lowest BCUT2D eigenvalue weighted by molar-refractivity contribution is -0.254. The van der Waals surface area contributed by atoms with Crippen LogP contribution in [-0.2, 0) is 23.7 Å². The van der Waals surface area contributed by atoms with E-state index in [4.69, 9.17) is 0 Å². The maximum absolute atomic E-state index is 15.7. The highest BCUT2D eigenvalue weighted by molar-refractivity contribution is 6.02. The van der Waals surface area contributed by atoms with Gasteiger partial charge in [-0.05, 0) is 69.2 Å². The molecule has 8 heteroatoms. The highest BCUT2D eigenvalue weighted by Crippen LogP contribution is 2.65. The molecule has 0 amide bonds. The Morgan fingerprint density at radius 3 is 1.18 bits per heavy atom. The van der Waals surface area contributed by atoms with E-state index < -0.39 is 50.9 Å². The van der Waals surface area contributed by atoms with Gasteiger partial charge in [0.05, 0.1) is 25.0 Å². The molecule has 3 rings (SSSR count). The highest BCUT2D eigenvalue weighted by atomic mass is 19.3. The third kappa shape index (κ3) is 4.73. The molecule has 2 aromatic rings. The Hall–Kier alpha value is -3.26. The molecule has 1 aliphatic rings. The SMILES string of the molecule is Cc1c(CC#N)cc(C(C)(C)C)cc1C1=C(c2cc(C(C)(C)C)cc(CC#N)c2C)C(F)(F)C(F)(F)C1(F)F. The van der Waals surface area contributed by atoms with Crippen molar-refractivity contribution in [2.45, 2.75) is 96.8 Å². The molecule has 0 fully saturated rings. The van der Waals surface area contributed by atoms with E-state index in [1.807, 2.05) is 12.1 Å². The van der Waals surface area contributed by atoms with E-state index in [0.29, 0.717) is 22.3 Å². The molecule has 2 aromatic carbocycles. The Bertz CT molecular complexity index is 1330. The molecule has 0 aliphatic heterocycles. The molecule has 2 nitrogen and oxygen atoms in total. The zero-order valence-electron chi connectivity index (χ0n) is 23.4. The fraction of sp³-hybridized carbons (Fsp3) is 0.484. The summed E-state index contributed by atoms with van der Waals surface area (Å²) in [5, 5.41) is 18.7. The molecule has 0 saturated carbocycles. The summed E-state index contributed by atoms with van der Waals surface area (Å²) >= 11 is 0. The average molecular weight is 547 g/mol. The number of alkyl halides is 6. The van der Waals surface area contributed by atoms with Gasteiger partial charge in [0, 0.05) is 11.1 Å². The first kappa shape index (κ1) is 30.3. The highest BCUT2D eigenvalue weighted by Gasteiger charge is 2.80. The van der Waals surface area contributed by atoms with Gasteiger partial charge in [-0.2, -0.15) is 36.9 Å². The lowest BCUT2D eigenvalue weighted by atomic mass is 9.79. The lowest BCUT2D eigenvalue weighted by Crippen LogP contribution is -2.49. The lowest BCUT2D eigenvalue weighted by Gasteiger charge is -2.27. The van der Waals surface area contributed by atoms with Crippen molar-refractivity contribution >= 4 is 11.1 Å². The normalized spacial score (nSPS) is 18.2. The van der Waals surface area contributed by atoms with Crippen LogP contribution in [-0.4, -0.2) is 17.8 Å². The van der Waals surface area contributed by atoms with Crippen molar-refractivity contribution in [1.82, 2.24) is 0 Å². The minimum Gasteiger partial charge on any atom is -0.198 e. The fourth-order valence-corrected chi connectivity index (χ4v) is 4.90. The van der Waals surface area contributed by atoms with Crippen LogP contribution in [0, 0.1) is 36.5 Å². The van der Waals surface area contributed by atoms with Gasteiger partial charge in [0.2, 0.25) is 0 Å². The number of nitriles is 2. The van der Waals surface area contributed by atoms with Crippen LogP contribution in [0.15, 0.2) is 24.3 Å². The molecule has 39 heavy (non-hydrogen) atoms. The van der Waals surface area contributed by atoms with Crippen LogP contribution in [0.5, 0.6) is 0 Å². The second-order valence-corrected chi connectivity index (χ2v) is 12.3. The molecule has 0 radical (unpaired) electrons. The standard InChI is InChI=1S/C31H32F6N2/c1-17-19(9-11-38)13-21(27(3,4)5)15-23(17)25-26(30(34,35)31(36,37)29(25,32)33)24-16-22(28(6,7)8)14-20(10-12-39)18(24)2/h13-16H,9-10H2,1-8H3. The van der Waals surface area contributed by atoms with Gasteiger partial charge in [0.15, 0.2) is 0 Å². The van der Waals surface area contributed by atoms with Crippen LogP contribution >= 0.6 is 0 Å².